The summed E-state index contributed by atoms with van der Waals surface area (Å²) < 4.78 is 0. The number of nitrogens with one attached hydrogen (secondary N) is 1. The molecule has 0 amide bonds. The van der Waals surface area contributed by atoms with Crippen LogP contribution in [0.5, 0.6) is 0 Å². The number of β-amino-alcohol motifs (C(OH)–C–C–N with tert-alkyl or cyclic N) is 1. The molecule has 15 heavy (non-hydrogen) atoms. The first kappa shape index (κ1) is 11.4. The van der Waals surface area contributed by atoms with Gasteiger partial charge < -0.3 is 15.3 Å². The third-order valence-corrected chi connectivity index (χ3v) is 3.98. The van der Waals surface area contributed by atoms with Crippen LogP contribution in [0.25, 0.3) is 0 Å². The SMILES string of the molecule is CN(CCC1CC(O)CN1)C1CCCC1. The summed E-state index contributed by atoms with van der Waals surface area (Å²) in [6.45, 7) is 1.97. The van der Waals surface area contributed by atoms with Crippen LogP contribution in [0.15, 0.2) is 0 Å². The molecule has 0 aromatic carbocycles. The van der Waals surface area contributed by atoms with Crippen LogP contribution in [0.3, 0.4) is 0 Å². The Morgan fingerprint density at radius 3 is 2.67 bits per heavy atom. The Bertz CT molecular complexity index is 192. The summed E-state index contributed by atoms with van der Waals surface area (Å²) in [5.74, 6) is 0. The van der Waals surface area contributed by atoms with E-state index in [9.17, 15) is 5.11 Å². The maximum Gasteiger partial charge on any atom is 0.0679 e. The lowest BCUT2D eigenvalue weighted by Crippen LogP contribution is -2.33. The minimum atomic E-state index is -0.105. The van der Waals surface area contributed by atoms with Crippen molar-refractivity contribution in [3.8, 4) is 0 Å². The van der Waals surface area contributed by atoms with Gasteiger partial charge in [-0.05, 0) is 39.3 Å². The van der Waals surface area contributed by atoms with Gasteiger partial charge in [0, 0.05) is 18.6 Å². The molecule has 0 aromatic rings. The van der Waals surface area contributed by atoms with E-state index >= 15 is 0 Å². The monoisotopic (exact) mass is 212 g/mol. The molecule has 0 radical (unpaired) electrons. The number of aliphatic hydroxyl groups excluding tert-OH is 1. The van der Waals surface area contributed by atoms with Crippen LogP contribution < -0.4 is 5.32 Å². The van der Waals surface area contributed by atoms with Crippen molar-refractivity contribution in [1.29, 1.82) is 0 Å². The van der Waals surface area contributed by atoms with Crippen LogP contribution in [0.2, 0.25) is 0 Å². The highest BCUT2D eigenvalue weighted by Crippen LogP contribution is 2.22. The summed E-state index contributed by atoms with van der Waals surface area (Å²) in [6.07, 6.45) is 7.62. The number of hydrogen-bond acceptors (Lipinski definition) is 3. The van der Waals surface area contributed by atoms with E-state index in [-0.39, 0.29) is 6.10 Å². The Kier molecular flexibility index (Phi) is 4.00. The van der Waals surface area contributed by atoms with Gasteiger partial charge in [-0.3, -0.25) is 0 Å². The van der Waals surface area contributed by atoms with Crippen molar-refractivity contribution < 1.29 is 5.11 Å². The zero-order valence-electron chi connectivity index (χ0n) is 9.78. The molecular formula is C12H24N2O. The predicted octanol–water partition coefficient (Wildman–Crippen LogP) is 0.974. The van der Waals surface area contributed by atoms with Gasteiger partial charge in [0.25, 0.3) is 0 Å². The van der Waals surface area contributed by atoms with E-state index in [4.69, 9.17) is 0 Å². The second kappa shape index (κ2) is 5.28. The summed E-state index contributed by atoms with van der Waals surface area (Å²) >= 11 is 0. The standard InChI is InChI=1S/C12H24N2O/c1-14(11-4-2-3-5-11)7-6-10-8-12(15)9-13-10/h10-13,15H,2-9H2,1H3. The molecule has 2 atom stereocenters. The zero-order chi connectivity index (χ0) is 10.7. The third-order valence-electron chi connectivity index (χ3n) is 3.98. The smallest absolute Gasteiger partial charge is 0.0679 e. The second-order valence-electron chi connectivity index (χ2n) is 5.20. The Balaban J connectivity index is 1.64. The first-order valence-corrected chi connectivity index (χ1v) is 6.37. The minimum Gasteiger partial charge on any atom is -0.392 e. The van der Waals surface area contributed by atoms with Crippen LogP contribution in [0, 0.1) is 0 Å². The van der Waals surface area contributed by atoms with Crippen LogP contribution >= 0.6 is 0 Å². The predicted molar refractivity (Wildman–Crippen MR) is 61.9 cm³/mol. The molecule has 2 aliphatic rings. The number of hydrogen-bond donors (Lipinski definition) is 2. The molecule has 0 spiro atoms. The molecule has 1 saturated carbocycles. The fraction of sp³-hybridized carbons (Fsp3) is 1.00. The summed E-state index contributed by atoms with van der Waals surface area (Å²) in [5, 5.41) is 12.8. The molecule has 0 aromatic heterocycles. The molecule has 0 bridgehead atoms. The Labute approximate surface area is 92.8 Å². The van der Waals surface area contributed by atoms with E-state index in [0.29, 0.717) is 6.04 Å². The quantitative estimate of drug-likeness (QED) is 0.729. The van der Waals surface area contributed by atoms with E-state index in [1.807, 2.05) is 0 Å². The van der Waals surface area contributed by atoms with Crippen LogP contribution in [-0.4, -0.2) is 48.3 Å². The van der Waals surface area contributed by atoms with E-state index in [1.54, 1.807) is 0 Å². The van der Waals surface area contributed by atoms with Gasteiger partial charge in [-0.1, -0.05) is 12.8 Å². The number of aliphatic hydroxyl groups is 1. The van der Waals surface area contributed by atoms with E-state index < -0.39 is 0 Å². The van der Waals surface area contributed by atoms with Crippen molar-refractivity contribution in [1.82, 2.24) is 10.2 Å². The molecular weight excluding hydrogens is 188 g/mol. The lowest BCUT2D eigenvalue weighted by Gasteiger charge is -2.25. The lowest BCUT2D eigenvalue weighted by atomic mass is 10.1. The van der Waals surface area contributed by atoms with Crippen molar-refractivity contribution in [2.24, 2.45) is 0 Å². The van der Waals surface area contributed by atoms with E-state index in [0.717, 1.165) is 19.0 Å². The van der Waals surface area contributed by atoms with Crippen molar-refractivity contribution in [3.05, 3.63) is 0 Å². The van der Waals surface area contributed by atoms with Gasteiger partial charge in [-0.15, -0.1) is 0 Å². The fourth-order valence-electron chi connectivity index (χ4n) is 2.90. The molecule has 2 rings (SSSR count). The number of nitrogens with zero attached hydrogens (tertiary/aromatic N) is 1. The van der Waals surface area contributed by atoms with E-state index in [2.05, 4.69) is 17.3 Å². The van der Waals surface area contributed by atoms with Gasteiger partial charge in [0.2, 0.25) is 0 Å². The summed E-state index contributed by atoms with van der Waals surface area (Å²) in [7, 11) is 2.25. The van der Waals surface area contributed by atoms with Crippen LogP contribution in [0.1, 0.15) is 38.5 Å². The Hall–Kier alpha value is -0.120. The van der Waals surface area contributed by atoms with Crippen molar-refractivity contribution >= 4 is 0 Å². The van der Waals surface area contributed by atoms with Gasteiger partial charge in [-0.2, -0.15) is 0 Å². The van der Waals surface area contributed by atoms with Gasteiger partial charge in [0.15, 0.2) is 0 Å². The van der Waals surface area contributed by atoms with E-state index in [1.165, 1.54) is 38.6 Å². The zero-order valence-corrected chi connectivity index (χ0v) is 9.78. The maximum absolute atomic E-state index is 9.40. The molecule has 2 fully saturated rings. The summed E-state index contributed by atoms with van der Waals surface area (Å²) in [4.78, 5) is 2.51. The van der Waals surface area contributed by atoms with Gasteiger partial charge >= 0.3 is 0 Å². The summed E-state index contributed by atoms with van der Waals surface area (Å²) in [6, 6.07) is 1.38. The average molecular weight is 212 g/mol. The highest BCUT2D eigenvalue weighted by Gasteiger charge is 2.24. The molecule has 1 aliphatic heterocycles. The highest BCUT2D eigenvalue weighted by molar-refractivity contribution is 4.83. The van der Waals surface area contributed by atoms with Crippen LogP contribution in [-0.2, 0) is 0 Å². The Morgan fingerprint density at radius 1 is 1.33 bits per heavy atom. The highest BCUT2D eigenvalue weighted by atomic mass is 16.3. The second-order valence-corrected chi connectivity index (χ2v) is 5.20. The molecule has 3 heteroatoms. The molecule has 1 heterocycles. The third kappa shape index (κ3) is 3.16. The molecule has 2 unspecified atom stereocenters. The van der Waals surface area contributed by atoms with Gasteiger partial charge in [-0.25, -0.2) is 0 Å². The first-order valence-electron chi connectivity index (χ1n) is 6.37. The van der Waals surface area contributed by atoms with Crippen LogP contribution in [0.4, 0.5) is 0 Å². The number of rotatable bonds is 4. The largest absolute Gasteiger partial charge is 0.392 e. The molecule has 1 saturated heterocycles. The normalized spacial score (nSPS) is 33.0. The van der Waals surface area contributed by atoms with Gasteiger partial charge in [0.1, 0.15) is 0 Å². The molecule has 1 aliphatic carbocycles. The molecule has 2 N–H and O–H groups in total. The fourth-order valence-corrected chi connectivity index (χ4v) is 2.90. The topological polar surface area (TPSA) is 35.5 Å². The summed E-state index contributed by atoms with van der Waals surface area (Å²) in [5.41, 5.74) is 0. The van der Waals surface area contributed by atoms with Crippen molar-refractivity contribution in [3.63, 3.8) is 0 Å². The molecule has 88 valence electrons. The lowest BCUT2D eigenvalue weighted by molar-refractivity contribution is 0.189. The van der Waals surface area contributed by atoms with Crippen molar-refractivity contribution in [2.45, 2.75) is 56.7 Å². The maximum atomic E-state index is 9.40. The minimum absolute atomic E-state index is 0.105. The van der Waals surface area contributed by atoms with Gasteiger partial charge in [0.05, 0.1) is 6.10 Å². The first-order chi connectivity index (χ1) is 7.25. The Morgan fingerprint density at radius 2 is 2.07 bits per heavy atom. The molecule has 3 nitrogen and oxygen atoms in total. The average Bonchev–Trinajstić information content (AvgIpc) is 2.84. The van der Waals surface area contributed by atoms with Crippen molar-refractivity contribution in [2.75, 3.05) is 20.1 Å².